The van der Waals surface area contributed by atoms with Crippen molar-refractivity contribution in [3.8, 4) is 22.4 Å². The Hall–Kier alpha value is -3.54. The molecule has 6 heteroatoms. The molecule has 3 atom stereocenters. The van der Waals surface area contributed by atoms with Crippen LogP contribution in [0.4, 0.5) is 5.82 Å². The van der Waals surface area contributed by atoms with Gasteiger partial charge in [-0.05, 0) is 37.2 Å². The molecule has 0 saturated heterocycles. The molecule has 4 aromatic rings. The van der Waals surface area contributed by atoms with E-state index in [1.807, 2.05) is 42.7 Å². The van der Waals surface area contributed by atoms with Gasteiger partial charge in [-0.2, -0.15) is 9.61 Å². The number of fused-ring (bicyclic) bond motifs is 3. The molecule has 6 rings (SSSR count). The van der Waals surface area contributed by atoms with E-state index < -0.39 is 0 Å². The van der Waals surface area contributed by atoms with Crippen molar-refractivity contribution in [1.82, 2.24) is 19.6 Å². The zero-order valence-electron chi connectivity index (χ0n) is 18.7. The molecular formula is C27H27N5O. The van der Waals surface area contributed by atoms with Crippen molar-refractivity contribution in [2.75, 3.05) is 5.32 Å². The van der Waals surface area contributed by atoms with E-state index in [9.17, 15) is 4.79 Å². The van der Waals surface area contributed by atoms with E-state index >= 15 is 0 Å². The highest BCUT2D eigenvalue weighted by molar-refractivity contribution is 5.89. The summed E-state index contributed by atoms with van der Waals surface area (Å²) in [5.74, 6) is 2.64. The normalized spacial score (nSPS) is 21.9. The van der Waals surface area contributed by atoms with Crippen LogP contribution in [0.15, 0.2) is 60.9 Å². The molecule has 0 spiro atoms. The third-order valence-electron chi connectivity index (χ3n) is 7.24. The Morgan fingerprint density at radius 2 is 1.76 bits per heavy atom. The lowest BCUT2D eigenvalue weighted by Gasteiger charge is -2.27. The largest absolute Gasteiger partial charge is 0.311 e. The van der Waals surface area contributed by atoms with Crippen LogP contribution in [-0.2, 0) is 4.79 Å². The summed E-state index contributed by atoms with van der Waals surface area (Å²) in [6, 6.07) is 16.3. The standard InChI is InChI=1S/C27H27N5O/c1-17(33)30-26-14-25(22-12-18-7-8-19(11-18)13-22)31-27-23(16-29-32(26)27)21-9-10-24(28-15-21)20-5-3-2-4-6-20/h2-6,9-10,14-16,18-19,22H,7-8,11-13H2,1H3,(H,30,33)/t18-,19+,22+. The van der Waals surface area contributed by atoms with E-state index in [1.165, 1.54) is 39.0 Å². The molecule has 2 bridgehead atoms. The number of benzene rings is 1. The molecule has 33 heavy (non-hydrogen) atoms. The maximum atomic E-state index is 11.9. The van der Waals surface area contributed by atoms with Gasteiger partial charge in [0, 0.05) is 47.5 Å². The van der Waals surface area contributed by atoms with Crippen LogP contribution in [0.5, 0.6) is 0 Å². The van der Waals surface area contributed by atoms with Gasteiger partial charge in [0.25, 0.3) is 0 Å². The van der Waals surface area contributed by atoms with Gasteiger partial charge < -0.3 is 5.32 Å². The molecule has 3 aromatic heterocycles. The highest BCUT2D eigenvalue weighted by Crippen LogP contribution is 2.48. The minimum atomic E-state index is -0.108. The predicted molar refractivity (Wildman–Crippen MR) is 129 cm³/mol. The SMILES string of the molecule is CC(=O)Nc1cc([C@H]2C[C@@H]3CC[C@@H](C3)C2)nc2c(-c3ccc(-c4ccccc4)nc3)cnn12. The summed E-state index contributed by atoms with van der Waals surface area (Å²) in [5, 5.41) is 7.54. The Balaban J connectivity index is 1.41. The number of hydrogen-bond donors (Lipinski definition) is 1. The molecule has 1 aromatic carbocycles. The third kappa shape index (κ3) is 3.80. The second-order valence-electron chi connectivity index (χ2n) is 9.55. The number of pyridine rings is 1. The Kier molecular flexibility index (Phi) is 4.93. The molecule has 3 heterocycles. The van der Waals surface area contributed by atoms with Gasteiger partial charge in [0.05, 0.1) is 11.9 Å². The molecule has 6 nitrogen and oxygen atoms in total. The van der Waals surface area contributed by atoms with Gasteiger partial charge in [-0.1, -0.05) is 49.2 Å². The van der Waals surface area contributed by atoms with E-state index in [0.717, 1.165) is 45.6 Å². The number of carbonyl (C=O) groups is 1. The first-order chi connectivity index (χ1) is 16.1. The lowest BCUT2D eigenvalue weighted by molar-refractivity contribution is -0.114. The van der Waals surface area contributed by atoms with E-state index in [0.29, 0.717) is 11.7 Å². The fraction of sp³-hybridized carbons (Fsp3) is 0.333. The van der Waals surface area contributed by atoms with Gasteiger partial charge in [-0.25, -0.2) is 4.98 Å². The number of amides is 1. The number of aromatic nitrogens is 4. The van der Waals surface area contributed by atoms with Crippen molar-refractivity contribution >= 4 is 17.4 Å². The molecule has 2 saturated carbocycles. The summed E-state index contributed by atoms with van der Waals surface area (Å²) in [7, 11) is 0. The molecule has 166 valence electrons. The number of nitrogens with one attached hydrogen (secondary N) is 1. The summed E-state index contributed by atoms with van der Waals surface area (Å²) >= 11 is 0. The summed E-state index contributed by atoms with van der Waals surface area (Å²) < 4.78 is 1.74. The lowest BCUT2D eigenvalue weighted by Crippen LogP contribution is -2.17. The fourth-order valence-electron chi connectivity index (χ4n) is 5.75. The Labute approximate surface area is 193 Å². The molecule has 0 aliphatic heterocycles. The van der Waals surface area contributed by atoms with Crippen molar-refractivity contribution in [1.29, 1.82) is 0 Å². The van der Waals surface area contributed by atoms with Crippen LogP contribution in [0.1, 0.15) is 50.6 Å². The van der Waals surface area contributed by atoms with E-state index in [2.05, 4.69) is 33.6 Å². The molecule has 0 unspecified atom stereocenters. The Morgan fingerprint density at radius 1 is 0.970 bits per heavy atom. The second kappa shape index (κ2) is 8.10. The summed E-state index contributed by atoms with van der Waals surface area (Å²) in [4.78, 5) is 21.7. The van der Waals surface area contributed by atoms with Crippen LogP contribution in [0.25, 0.3) is 28.0 Å². The Morgan fingerprint density at radius 3 is 2.45 bits per heavy atom. The van der Waals surface area contributed by atoms with Crippen molar-refractivity contribution < 1.29 is 4.79 Å². The first-order valence-electron chi connectivity index (χ1n) is 11.8. The third-order valence-corrected chi connectivity index (χ3v) is 7.24. The van der Waals surface area contributed by atoms with E-state index in [4.69, 9.17) is 4.98 Å². The minimum Gasteiger partial charge on any atom is -0.311 e. The summed E-state index contributed by atoms with van der Waals surface area (Å²) in [6.07, 6.45) is 10.1. The molecule has 1 amide bonds. The average Bonchev–Trinajstić information content (AvgIpc) is 3.42. The lowest BCUT2D eigenvalue weighted by atomic mass is 9.79. The Bertz CT molecular complexity index is 1300. The second-order valence-corrected chi connectivity index (χ2v) is 9.55. The van der Waals surface area contributed by atoms with Crippen LogP contribution < -0.4 is 5.32 Å². The topological polar surface area (TPSA) is 72.2 Å². The number of carbonyl (C=O) groups excluding carboxylic acids is 1. The molecule has 2 aliphatic carbocycles. The van der Waals surface area contributed by atoms with Gasteiger partial charge in [-0.15, -0.1) is 0 Å². The van der Waals surface area contributed by atoms with Crippen molar-refractivity contribution in [3.05, 3.63) is 66.6 Å². The molecule has 2 fully saturated rings. The molecule has 2 aliphatic rings. The first-order valence-corrected chi connectivity index (χ1v) is 11.8. The monoisotopic (exact) mass is 437 g/mol. The smallest absolute Gasteiger partial charge is 0.222 e. The first kappa shape index (κ1) is 20.1. The van der Waals surface area contributed by atoms with Crippen LogP contribution in [-0.4, -0.2) is 25.5 Å². The number of anilines is 1. The number of hydrogen-bond acceptors (Lipinski definition) is 4. The molecule has 1 N–H and O–H groups in total. The predicted octanol–water partition coefficient (Wildman–Crippen LogP) is 5.71. The number of nitrogens with zero attached hydrogens (tertiary/aromatic N) is 4. The maximum absolute atomic E-state index is 11.9. The van der Waals surface area contributed by atoms with Crippen LogP contribution >= 0.6 is 0 Å². The van der Waals surface area contributed by atoms with Gasteiger partial charge in [-0.3, -0.25) is 9.78 Å². The zero-order chi connectivity index (χ0) is 22.4. The van der Waals surface area contributed by atoms with Crippen molar-refractivity contribution in [2.24, 2.45) is 11.8 Å². The minimum absolute atomic E-state index is 0.108. The average molecular weight is 438 g/mol. The van der Waals surface area contributed by atoms with Gasteiger partial charge in [0.1, 0.15) is 5.82 Å². The van der Waals surface area contributed by atoms with Crippen LogP contribution in [0.3, 0.4) is 0 Å². The van der Waals surface area contributed by atoms with E-state index in [1.54, 1.807) is 4.52 Å². The quantitative estimate of drug-likeness (QED) is 0.444. The highest BCUT2D eigenvalue weighted by Gasteiger charge is 2.35. The summed E-state index contributed by atoms with van der Waals surface area (Å²) in [5.41, 5.74) is 5.74. The maximum Gasteiger partial charge on any atom is 0.222 e. The van der Waals surface area contributed by atoms with Crippen molar-refractivity contribution in [3.63, 3.8) is 0 Å². The fourth-order valence-corrected chi connectivity index (χ4v) is 5.75. The van der Waals surface area contributed by atoms with E-state index in [-0.39, 0.29) is 5.91 Å². The zero-order valence-corrected chi connectivity index (χ0v) is 18.7. The van der Waals surface area contributed by atoms with Gasteiger partial charge in [0.2, 0.25) is 5.91 Å². The van der Waals surface area contributed by atoms with Crippen molar-refractivity contribution in [2.45, 2.75) is 44.9 Å². The summed E-state index contributed by atoms with van der Waals surface area (Å²) in [6.45, 7) is 1.53. The number of rotatable bonds is 4. The molecular weight excluding hydrogens is 410 g/mol. The highest BCUT2D eigenvalue weighted by atomic mass is 16.1. The van der Waals surface area contributed by atoms with Gasteiger partial charge >= 0.3 is 0 Å². The van der Waals surface area contributed by atoms with Crippen LogP contribution in [0, 0.1) is 11.8 Å². The van der Waals surface area contributed by atoms with Gasteiger partial charge in [0.15, 0.2) is 5.65 Å². The van der Waals surface area contributed by atoms with Crippen LogP contribution in [0.2, 0.25) is 0 Å². The molecule has 0 radical (unpaired) electrons.